The zero-order valence-corrected chi connectivity index (χ0v) is 11.1. The first kappa shape index (κ1) is 12.4. The molecule has 1 fully saturated rings. The van der Waals surface area contributed by atoms with E-state index in [1.807, 2.05) is 30.5 Å². The van der Waals surface area contributed by atoms with Gasteiger partial charge in [-0.25, -0.2) is 9.97 Å². The molecule has 2 N–H and O–H groups in total. The second kappa shape index (κ2) is 5.53. The topological polar surface area (TPSA) is 55.0 Å². The van der Waals surface area contributed by atoms with Gasteiger partial charge in [0.15, 0.2) is 0 Å². The maximum absolute atomic E-state index is 5.67. The summed E-state index contributed by atoms with van der Waals surface area (Å²) in [4.78, 5) is 11.5. The van der Waals surface area contributed by atoms with E-state index in [9.17, 15) is 0 Å². The zero-order valence-electron chi connectivity index (χ0n) is 11.1. The van der Waals surface area contributed by atoms with Gasteiger partial charge in [-0.1, -0.05) is 18.2 Å². The number of nitrogens with zero attached hydrogens (tertiary/aromatic N) is 3. The van der Waals surface area contributed by atoms with Crippen molar-refractivity contribution in [1.82, 2.24) is 9.97 Å². The van der Waals surface area contributed by atoms with Crippen LogP contribution < -0.4 is 10.6 Å². The Morgan fingerprint density at radius 2 is 2.21 bits per heavy atom. The van der Waals surface area contributed by atoms with Gasteiger partial charge in [-0.15, -0.1) is 0 Å². The molecule has 1 aliphatic heterocycles. The molecule has 1 aromatic carbocycles. The highest BCUT2D eigenvalue weighted by molar-refractivity contribution is 5.78. The van der Waals surface area contributed by atoms with E-state index in [2.05, 4.69) is 14.9 Å². The van der Waals surface area contributed by atoms with Gasteiger partial charge in [0.25, 0.3) is 0 Å². The molecular weight excluding hydrogens is 236 g/mol. The van der Waals surface area contributed by atoms with Crippen LogP contribution in [-0.2, 0) is 0 Å². The van der Waals surface area contributed by atoms with Crippen LogP contribution in [0, 0.1) is 5.92 Å². The van der Waals surface area contributed by atoms with E-state index >= 15 is 0 Å². The van der Waals surface area contributed by atoms with Crippen molar-refractivity contribution < 1.29 is 0 Å². The van der Waals surface area contributed by atoms with Gasteiger partial charge >= 0.3 is 0 Å². The Morgan fingerprint density at radius 3 is 3.11 bits per heavy atom. The predicted octanol–water partition coefficient (Wildman–Crippen LogP) is 2.20. The molecule has 0 saturated carbocycles. The lowest BCUT2D eigenvalue weighted by Gasteiger charge is -2.32. The molecule has 19 heavy (non-hydrogen) atoms. The maximum Gasteiger partial charge on any atom is 0.225 e. The average molecular weight is 256 g/mol. The van der Waals surface area contributed by atoms with Crippen LogP contribution >= 0.6 is 0 Å². The summed E-state index contributed by atoms with van der Waals surface area (Å²) in [6.45, 7) is 2.87. The summed E-state index contributed by atoms with van der Waals surface area (Å²) in [6.07, 6.45) is 5.51. The molecule has 1 atom stereocenters. The quantitative estimate of drug-likeness (QED) is 0.914. The van der Waals surface area contributed by atoms with Gasteiger partial charge in [-0.05, 0) is 37.8 Å². The molecule has 0 aliphatic carbocycles. The van der Waals surface area contributed by atoms with Gasteiger partial charge in [-0.3, -0.25) is 0 Å². The standard InChI is InChI=1S/C15H20N4/c16-8-7-12-4-3-9-19(11-12)15-17-10-13-5-1-2-6-14(13)18-15/h1-2,5-6,10,12H,3-4,7-9,11,16H2. The van der Waals surface area contributed by atoms with Crippen molar-refractivity contribution in [3.8, 4) is 0 Å². The average Bonchev–Trinajstić information content (AvgIpc) is 2.47. The number of piperidine rings is 1. The second-order valence-corrected chi connectivity index (χ2v) is 5.26. The van der Waals surface area contributed by atoms with E-state index in [4.69, 9.17) is 5.73 Å². The van der Waals surface area contributed by atoms with Crippen molar-refractivity contribution in [2.45, 2.75) is 19.3 Å². The lowest BCUT2D eigenvalue weighted by Crippen LogP contribution is -2.37. The van der Waals surface area contributed by atoms with Gasteiger partial charge in [0.2, 0.25) is 5.95 Å². The summed E-state index contributed by atoms with van der Waals surface area (Å²) in [7, 11) is 0. The molecule has 0 radical (unpaired) electrons. The summed E-state index contributed by atoms with van der Waals surface area (Å²) in [6, 6.07) is 8.13. The van der Waals surface area contributed by atoms with Crippen molar-refractivity contribution in [2.24, 2.45) is 11.7 Å². The molecule has 0 bridgehead atoms. The predicted molar refractivity (Wildman–Crippen MR) is 78.1 cm³/mol. The Labute approximate surface area is 113 Å². The number of hydrogen-bond acceptors (Lipinski definition) is 4. The minimum atomic E-state index is 0.689. The molecule has 0 spiro atoms. The molecule has 2 aromatic rings. The van der Waals surface area contributed by atoms with Crippen LogP contribution in [0.2, 0.25) is 0 Å². The summed E-state index contributed by atoms with van der Waals surface area (Å²) >= 11 is 0. The monoisotopic (exact) mass is 256 g/mol. The fraction of sp³-hybridized carbons (Fsp3) is 0.467. The summed E-state index contributed by atoms with van der Waals surface area (Å²) in [5, 5.41) is 1.10. The molecule has 1 unspecified atom stereocenters. The lowest BCUT2D eigenvalue weighted by molar-refractivity contribution is 0.393. The summed E-state index contributed by atoms with van der Waals surface area (Å²) in [5.41, 5.74) is 6.69. The van der Waals surface area contributed by atoms with E-state index in [1.54, 1.807) is 0 Å². The lowest BCUT2D eigenvalue weighted by atomic mass is 9.95. The minimum Gasteiger partial charge on any atom is -0.341 e. The number of fused-ring (bicyclic) bond motifs is 1. The molecule has 100 valence electrons. The first-order chi connectivity index (χ1) is 9.36. The van der Waals surface area contributed by atoms with Crippen LogP contribution in [0.4, 0.5) is 5.95 Å². The Bertz CT molecular complexity index is 553. The van der Waals surface area contributed by atoms with Crippen LogP contribution in [0.25, 0.3) is 10.9 Å². The number of para-hydroxylation sites is 1. The SMILES string of the molecule is NCCC1CCCN(c2ncc3ccccc3n2)C1. The van der Waals surface area contributed by atoms with E-state index in [1.165, 1.54) is 12.8 Å². The second-order valence-electron chi connectivity index (χ2n) is 5.26. The summed E-state index contributed by atoms with van der Waals surface area (Å²) in [5.74, 6) is 1.55. The van der Waals surface area contributed by atoms with Crippen molar-refractivity contribution >= 4 is 16.9 Å². The smallest absolute Gasteiger partial charge is 0.225 e. The third-order valence-electron chi connectivity index (χ3n) is 3.85. The number of aromatic nitrogens is 2. The fourth-order valence-electron chi connectivity index (χ4n) is 2.83. The van der Waals surface area contributed by atoms with Crippen LogP contribution in [0.15, 0.2) is 30.5 Å². The van der Waals surface area contributed by atoms with Crippen molar-refractivity contribution in [3.05, 3.63) is 30.5 Å². The van der Waals surface area contributed by atoms with Crippen LogP contribution in [0.5, 0.6) is 0 Å². The Morgan fingerprint density at radius 1 is 1.32 bits per heavy atom. The van der Waals surface area contributed by atoms with Crippen LogP contribution in [0.3, 0.4) is 0 Å². The Kier molecular flexibility index (Phi) is 3.60. The van der Waals surface area contributed by atoms with Crippen LogP contribution in [-0.4, -0.2) is 29.6 Å². The normalized spacial score (nSPS) is 19.8. The van der Waals surface area contributed by atoms with E-state index in [-0.39, 0.29) is 0 Å². The molecule has 1 aliphatic rings. The fourth-order valence-corrected chi connectivity index (χ4v) is 2.83. The van der Waals surface area contributed by atoms with Gasteiger partial charge < -0.3 is 10.6 Å². The minimum absolute atomic E-state index is 0.689. The molecule has 3 rings (SSSR count). The Hall–Kier alpha value is -1.68. The van der Waals surface area contributed by atoms with Crippen molar-refractivity contribution in [3.63, 3.8) is 0 Å². The highest BCUT2D eigenvalue weighted by atomic mass is 15.3. The van der Waals surface area contributed by atoms with E-state index < -0.39 is 0 Å². The molecule has 1 aromatic heterocycles. The molecular formula is C15H20N4. The highest BCUT2D eigenvalue weighted by Crippen LogP contribution is 2.23. The first-order valence-electron chi connectivity index (χ1n) is 7.03. The third-order valence-corrected chi connectivity index (χ3v) is 3.85. The highest BCUT2D eigenvalue weighted by Gasteiger charge is 2.21. The number of hydrogen-bond donors (Lipinski definition) is 1. The molecule has 0 amide bonds. The van der Waals surface area contributed by atoms with Crippen LogP contribution in [0.1, 0.15) is 19.3 Å². The van der Waals surface area contributed by atoms with Gasteiger partial charge in [0.05, 0.1) is 5.52 Å². The summed E-state index contributed by atoms with van der Waals surface area (Å²) < 4.78 is 0. The Balaban J connectivity index is 1.83. The number of anilines is 1. The number of benzene rings is 1. The van der Waals surface area contributed by atoms with Crippen molar-refractivity contribution in [1.29, 1.82) is 0 Å². The van der Waals surface area contributed by atoms with Gasteiger partial charge in [0, 0.05) is 24.7 Å². The van der Waals surface area contributed by atoms with Crippen molar-refractivity contribution in [2.75, 3.05) is 24.5 Å². The van der Waals surface area contributed by atoms with E-state index in [0.29, 0.717) is 5.92 Å². The third kappa shape index (κ3) is 2.68. The van der Waals surface area contributed by atoms with Gasteiger partial charge in [0.1, 0.15) is 0 Å². The number of nitrogens with two attached hydrogens (primary N) is 1. The number of rotatable bonds is 3. The van der Waals surface area contributed by atoms with E-state index in [0.717, 1.165) is 42.9 Å². The molecule has 2 heterocycles. The first-order valence-corrected chi connectivity index (χ1v) is 7.03. The van der Waals surface area contributed by atoms with Gasteiger partial charge in [-0.2, -0.15) is 0 Å². The maximum atomic E-state index is 5.67. The molecule has 1 saturated heterocycles. The largest absolute Gasteiger partial charge is 0.341 e. The molecule has 4 heteroatoms. The molecule has 4 nitrogen and oxygen atoms in total. The zero-order chi connectivity index (χ0) is 13.1.